The summed E-state index contributed by atoms with van der Waals surface area (Å²) in [6.45, 7) is 8.39. The summed E-state index contributed by atoms with van der Waals surface area (Å²) in [6.07, 6.45) is 7.32. The van der Waals surface area contributed by atoms with E-state index in [9.17, 15) is 4.79 Å². The van der Waals surface area contributed by atoms with Crippen LogP contribution in [0.2, 0.25) is 0 Å². The van der Waals surface area contributed by atoms with Crippen LogP contribution >= 0.6 is 0 Å². The lowest BCUT2D eigenvalue weighted by Gasteiger charge is -2.39. The Hall–Kier alpha value is -3.12. The highest BCUT2D eigenvalue weighted by Crippen LogP contribution is 2.40. The zero-order valence-electron chi connectivity index (χ0n) is 18.8. The second-order valence-corrected chi connectivity index (χ2v) is 9.63. The number of benzene rings is 1. The first-order valence-corrected chi connectivity index (χ1v) is 11.5. The van der Waals surface area contributed by atoms with E-state index in [0.29, 0.717) is 22.9 Å². The van der Waals surface area contributed by atoms with Crippen LogP contribution in [-0.2, 0) is 6.42 Å². The molecule has 6 nitrogen and oxygen atoms in total. The molecular weight excluding hydrogens is 400 g/mol. The number of fused-ring (bicyclic) bond motifs is 2. The molecule has 3 aromatic heterocycles. The molecule has 1 atom stereocenters. The quantitative estimate of drug-likeness (QED) is 0.493. The minimum Gasteiger partial charge on any atom is -0.422 e. The van der Waals surface area contributed by atoms with E-state index in [4.69, 9.17) is 9.40 Å². The Morgan fingerprint density at radius 1 is 1.22 bits per heavy atom. The SMILES string of the molecule is CCc1cc(C)cn2cc(-c3cc4ccc(N5C[C@H](C)NC6(CC6)C5)cc4oc3=O)nc12. The second kappa shape index (κ2) is 6.94. The number of rotatable bonds is 3. The molecule has 1 saturated carbocycles. The number of nitrogens with zero attached hydrogens (tertiary/aromatic N) is 3. The molecule has 2 fully saturated rings. The summed E-state index contributed by atoms with van der Waals surface area (Å²) in [5, 5.41) is 4.65. The van der Waals surface area contributed by atoms with Gasteiger partial charge in [0.05, 0.1) is 11.3 Å². The number of imidazole rings is 1. The monoisotopic (exact) mass is 428 g/mol. The van der Waals surface area contributed by atoms with Crippen LogP contribution in [0.5, 0.6) is 0 Å². The fourth-order valence-electron chi connectivity index (χ4n) is 5.22. The molecule has 0 amide bonds. The lowest BCUT2D eigenvalue weighted by Crippen LogP contribution is -2.57. The summed E-state index contributed by atoms with van der Waals surface area (Å²) in [4.78, 5) is 20.1. The Kier molecular flexibility index (Phi) is 4.24. The van der Waals surface area contributed by atoms with Gasteiger partial charge in [-0.3, -0.25) is 0 Å². The van der Waals surface area contributed by atoms with Gasteiger partial charge >= 0.3 is 5.63 Å². The number of aryl methyl sites for hydroxylation is 2. The molecule has 0 unspecified atom stereocenters. The predicted octanol–water partition coefficient (Wildman–Crippen LogP) is 4.31. The maximum Gasteiger partial charge on any atom is 0.345 e. The molecule has 164 valence electrons. The molecule has 2 aliphatic rings. The van der Waals surface area contributed by atoms with Gasteiger partial charge in [0, 0.05) is 54.2 Å². The number of pyridine rings is 1. The van der Waals surface area contributed by atoms with Gasteiger partial charge in [-0.2, -0.15) is 0 Å². The van der Waals surface area contributed by atoms with Crippen LogP contribution in [0.3, 0.4) is 0 Å². The molecule has 1 aliphatic heterocycles. The number of aromatic nitrogens is 2. The van der Waals surface area contributed by atoms with Crippen LogP contribution in [0.4, 0.5) is 5.69 Å². The summed E-state index contributed by atoms with van der Waals surface area (Å²) < 4.78 is 7.81. The first kappa shape index (κ1) is 19.6. The highest BCUT2D eigenvalue weighted by Gasteiger charge is 2.47. The Balaban J connectivity index is 1.40. The molecule has 4 heterocycles. The van der Waals surface area contributed by atoms with Crippen LogP contribution in [0.15, 0.2) is 51.9 Å². The molecule has 6 rings (SSSR count). The van der Waals surface area contributed by atoms with Gasteiger partial charge in [0.15, 0.2) is 0 Å². The van der Waals surface area contributed by atoms with E-state index in [0.717, 1.165) is 36.2 Å². The molecule has 1 spiro atoms. The van der Waals surface area contributed by atoms with E-state index < -0.39 is 0 Å². The average Bonchev–Trinajstić information content (AvgIpc) is 3.35. The zero-order chi connectivity index (χ0) is 22.0. The largest absolute Gasteiger partial charge is 0.422 e. The van der Waals surface area contributed by atoms with Crippen molar-refractivity contribution in [1.82, 2.24) is 14.7 Å². The fraction of sp³-hybridized carbons (Fsp3) is 0.385. The first-order valence-electron chi connectivity index (χ1n) is 11.5. The van der Waals surface area contributed by atoms with E-state index in [2.05, 4.69) is 49.2 Å². The predicted molar refractivity (Wildman–Crippen MR) is 128 cm³/mol. The van der Waals surface area contributed by atoms with Crippen molar-refractivity contribution in [3.05, 3.63) is 64.3 Å². The molecule has 1 saturated heterocycles. The van der Waals surface area contributed by atoms with E-state index in [-0.39, 0.29) is 11.2 Å². The molecule has 1 aliphatic carbocycles. The molecule has 1 N–H and O–H groups in total. The van der Waals surface area contributed by atoms with Gasteiger partial charge in [-0.1, -0.05) is 13.0 Å². The van der Waals surface area contributed by atoms with Crippen LogP contribution < -0.4 is 15.8 Å². The minimum absolute atomic E-state index is 0.274. The third-order valence-corrected chi connectivity index (χ3v) is 6.90. The Morgan fingerprint density at radius 3 is 2.84 bits per heavy atom. The van der Waals surface area contributed by atoms with Crippen molar-refractivity contribution in [3.8, 4) is 11.3 Å². The Bertz CT molecular complexity index is 1410. The normalized spacial score (nSPS) is 19.8. The Morgan fingerprint density at radius 2 is 2.06 bits per heavy atom. The summed E-state index contributed by atoms with van der Waals surface area (Å²) in [5.74, 6) is 0. The van der Waals surface area contributed by atoms with Crippen molar-refractivity contribution in [2.45, 2.75) is 51.6 Å². The van der Waals surface area contributed by atoms with Gasteiger partial charge in [-0.05, 0) is 62.4 Å². The van der Waals surface area contributed by atoms with Crippen molar-refractivity contribution in [2.24, 2.45) is 0 Å². The standard InChI is InChI=1S/C26H28N4O2/c1-4-18-9-16(2)12-29-14-22(27-24(18)29)21-10-19-5-6-20(11-23(19)32-25(21)31)30-13-17(3)28-26(15-30)7-8-26/h5-6,9-12,14,17,28H,4,7-8,13,15H2,1-3H3/t17-/m0/s1. The van der Waals surface area contributed by atoms with Crippen LogP contribution in [0.25, 0.3) is 27.9 Å². The molecule has 1 aromatic carbocycles. The fourth-order valence-corrected chi connectivity index (χ4v) is 5.22. The molecule has 0 bridgehead atoms. The highest BCUT2D eigenvalue weighted by atomic mass is 16.4. The number of nitrogens with one attached hydrogen (secondary N) is 1. The van der Waals surface area contributed by atoms with E-state index in [1.807, 2.05) is 28.9 Å². The van der Waals surface area contributed by atoms with Crippen LogP contribution in [-0.4, -0.2) is 34.1 Å². The lowest BCUT2D eigenvalue weighted by molar-refractivity contribution is 0.372. The summed E-state index contributed by atoms with van der Waals surface area (Å²) >= 11 is 0. The van der Waals surface area contributed by atoms with Crippen molar-refractivity contribution in [1.29, 1.82) is 0 Å². The van der Waals surface area contributed by atoms with Crippen molar-refractivity contribution < 1.29 is 4.42 Å². The van der Waals surface area contributed by atoms with Gasteiger partial charge in [-0.25, -0.2) is 9.78 Å². The van der Waals surface area contributed by atoms with E-state index in [1.165, 1.54) is 24.0 Å². The maximum atomic E-state index is 12.9. The first-order chi connectivity index (χ1) is 15.4. The van der Waals surface area contributed by atoms with Crippen molar-refractivity contribution in [3.63, 3.8) is 0 Å². The topological polar surface area (TPSA) is 62.8 Å². The van der Waals surface area contributed by atoms with Crippen molar-refractivity contribution >= 4 is 22.3 Å². The van der Waals surface area contributed by atoms with E-state index in [1.54, 1.807) is 0 Å². The zero-order valence-corrected chi connectivity index (χ0v) is 18.8. The van der Waals surface area contributed by atoms with Crippen LogP contribution in [0.1, 0.15) is 37.8 Å². The van der Waals surface area contributed by atoms with E-state index >= 15 is 0 Å². The molecule has 6 heteroatoms. The highest BCUT2D eigenvalue weighted by molar-refractivity contribution is 5.84. The summed E-state index contributed by atoms with van der Waals surface area (Å²) in [5.41, 5.74) is 6.06. The third-order valence-electron chi connectivity index (χ3n) is 6.90. The van der Waals surface area contributed by atoms with Gasteiger partial charge in [-0.15, -0.1) is 0 Å². The van der Waals surface area contributed by atoms with Gasteiger partial charge in [0.1, 0.15) is 11.2 Å². The maximum absolute atomic E-state index is 12.9. The summed E-state index contributed by atoms with van der Waals surface area (Å²) in [6, 6.07) is 10.7. The van der Waals surface area contributed by atoms with Crippen LogP contribution in [0, 0.1) is 6.92 Å². The molecular formula is C26H28N4O2. The number of anilines is 1. The number of piperazine rings is 1. The second-order valence-electron chi connectivity index (χ2n) is 9.63. The smallest absolute Gasteiger partial charge is 0.345 e. The Labute approximate surface area is 186 Å². The molecule has 0 radical (unpaired) electrons. The van der Waals surface area contributed by atoms with Gasteiger partial charge in [0.25, 0.3) is 0 Å². The van der Waals surface area contributed by atoms with Crippen molar-refractivity contribution in [2.75, 3.05) is 18.0 Å². The van der Waals surface area contributed by atoms with Gasteiger partial charge < -0.3 is 19.0 Å². The summed E-state index contributed by atoms with van der Waals surface area (Å²) in [7, 11) is 0. The molecule has 32 heavy (non-hydrogen) atoms. The molecule has 4 aromatic rings. The third kappa shape index (κ3) is 3.21. The lowest BCUT2D eigenvalue weighted by atomic mass is 10.1. The number of hydrogen-bond donors (Lipinski definition) is 1. The van der Waals surface area contributed by atoms with Gasteiger partial charge in [0.2, 0.25) is 0 Å². The minimum atomic E-state index is -0.347. The number of hydrogen-bond acceptors (Lipinski definition) is 5. The average molecular weight is 429 g/mol.